The molecule has 0 radical (unpaired) electrons. The van der Waals surface area contributed by atoms with E-state index in [1.54, 1.807) is 12.3 Å². The molecule has 10 nitrogen and oxygen atoms in total. The van der Waals surface area contributed by atoms with Crippen molar-refractivity contribution >= 4 is 34.7 Å². The molecule has 1 amide bonds. The fourth-order valence-corrected chi connectivity index (χ4v) is 5.78. The standard InChI is InChI=1S/C25H26F2N8O2/c26-17-5-13(9-28)6-18(27)20(17)33-24-32-19-10-30-23(31-15-7-25(8-15)11-37-12-25)34-22(19)35(24)16-3-1-14(2-4-16)21(29)36/h5-6,10,14-16H,1-4,7-8,11-12H2,(H2,29,36)(H,32,33)(H,30,31,34)/t14-,16+. The van der Waals surface area contributed by atoms with E-state index in [2.05, 4.69) is 20.6 Å². The lowest BCUT2D eigenvalue weighted by molar-refractivity contribution is -0.160. The number of carbonyl (C=O) groups is 1. The van der Waals surface area contributed by atoms with Crippen molar-refractivity contribution < 1.29 is 18.3 Å². The molecule has 0 bridgehead atoms. The zero-order valence-corrected chi connectivity index (χ0v) is 20.0. The number of halogens is 2. The first-order chi connectivity index (χ1) is 17.8. The summed E-state index contributed by atoms with van der Waals surface area (Å²) in [5.74, 6) is -1.66. The Kier molecular flexibility index (Phi) is 5.67. The van der Waals surface area contributed by atoms with E-state index in [0.717, 1.165) is 38.2 Å². The third kappa shape index (κ3) is 4.23. The minimum atomic E-state index is -0.903. The van der Waals surface area contributed by atoms with Crippen molar-refractivity contribution in [3.8, 4) is 6.07 Å². The number of hydrogen-bond donors (Lipinski definition) is 3. The number of hydrogen-bond acceptors (Lipinski definition) is 8. The summed E-state index contributed by atoms with van der Waals surface area (Å²) in [5, 5.41) is 15.2. The number of nitriles is 1. The first-order valence-electron chi connectivity index (χ1n) is 12.4. The van der Waals surface area contributed by atoms with Gasteiger partial charge in [-0.3, -0.25) is 9.36 Å². The number of ether oxygens (including phenoxy) is 1. The molecule has 0 atom stereocenters. The smallest absolute Gasteiger partial charge is 0.224 e. The Labute approximate surface area is 211 Å². The maximum Gasteiger partial charge on any atom is 0.224 e. The Balaban J connectivity index is 1.34. The Bertz CT molecular complexity index is 1390. The van der Waals surface area contributed by atoms with Crippen LogP contribution in [-0.2, 0) is 9.53 Å². The summed E-state index contributed by atoms with van der Waals surface area (Å²) in [4.78, 5) is 25.4. The predicted molar refractivity (Wildman–Crippen MR) is 130 cm³/mol. The molecule has 3 aliphatic rings. The van der Waals surface area contributed by atoms with Gasteiger partial charge in [0, 0.05) is 23.4 Å². The van der Waals surface area contributed by atoms with Gasteiger partial charge in [-0.25, -0.2) is 18.7 Å². The highest BCUT2D eigenvalue weighted by Crippen LogP contribution is 2.47. The van der Waals surface area contributed by atoms with Gasteiger partial charge in [0.1, 0.15) is 11.2 Å². The number of fused-ring (bicyclic) bond motifs is 1. The number of nitrogens with one attached hydrogen (secondary N) is 2. The lowest BCUT2D eigenvalue weighted by atomic mass is 9.64. The Morgan fingerprint density at radius 1 is 1.16 bits per heavy atom. The van der Waals surface area contributed by atoms with Crippen LogP contribution in [0, 0.1) is 34.3 Å². The zero-order chi connectivity index (χ0) is 25.7. The van der Waals surface area contributed by atoms with Crippen molar-refractivity contribution in [1.82, 2.24) is 19.5 Å². The zero-order valence-electron chi connectivity index (χ0n) is 20.0. The third-order valence-corrected chi connectivity index (χ3v) is 7.81. The molecular formula is C25H26F2N8O2. The van der Waals surface area contributed by atoms with E-state index in [4.69, 9.17) is 20.7 Å². The first-order valence-corrected chi connectivity index (χ1v) is 12.4. The van der Waals surface area contributed by atoms with Crippen LogP contribution in [-0.4, -0.2) is 44.7 Å². The summed E-state index contributed by atoms with van der Waals surface area (Å²) in [7, 11) is 0. The fourth-order valence-electron chi connectivity index (χ4n) is 5.78. The molecule has 12 heteroatoms. The largest absolute Gasteiger partial charge is 0.380 e. The van der Waals surface area contributed by atoms with E-state index in [0.29, 0.717) is 42.8 Å². The van der Waals surface area contributed by atoms with Crippen molar-refractivity contribution in [3.05, 3.63) is 35.5 Å². The first kappa shape index (κ1) is 23.5. The quantitative estimate of drug-likeness (QED) is 0.459. The lowest BCUT2D eigenvalue weighted by Gasteiger charge is -2.53. The summed E-state index contributed by atoms with van der Waals surface area (Å²) in [6, 6.07) is 3.82. The van der Waals surface area contributed by atoms with Crippen molar-refractivity contribution in [1.29, 1.82) is 5.26 Å². The van der Waals surface area contributed by atoms with Gasteiger partial charge in [-0.15, -0.1) is 0 Å². The van der Waals surface area contributed by atoms with Crippen molar-refractivity contribution in [3.63, 3.8) is 0 Å². The second kappa shape index (κ2) is 8.92. The number of imidazole rings is 1. The van der Waals surface area contributed by atoms with E-state index >= 15 is 0 Å². The van der Waals surface area contributed by atoms with Crippen LogP contribution in [0.15, 0.2) is 18.3 Å². The summed E-state index contributed by atoms with van der Waals surface area (Å²) >= 11 is 0. The molecule has 2 aromatic heterocycles. The molecule has 0 unspecified atom stereocenters. The minimum absolute atomic E-state index is 0.116. The second-order valence-electron chi connectivity index (χ2n) is 10.4. The number of rotatable bonds is 6. The van der Waals surface area contributed by atoms with Gasteiger partial charge in [-0.1, -0.05) is 0 Å². The molecule has 1 aliphatic heterocycles. The Morgan fingerprint density at radius 3 is 2.46 bits per heavy atom. The van der Waals surface area contributed by atoms with E-state index in [1.165, 1.54) is 0 Å². The van der Waals surface area contributed by atoms with Gasteiger partial charge in [0.15, 0.2) is 17.3 Å². The van der Waals surface area contributed by atoms with Gasteiger partial charge < -0.3 is 21.1 Å². The van der Waals surface area contributed by atoms with Gasteiger partial charge in [0.25, 0.3) is 0 Å². The number of nitrogens with two attached hydrogens (primary N) is 1. The molecule has 4 N–H and O–H groups in total. The fraction of sp³-hybridized carbons (Fsp3) is 0.480. The van der Waals surface area contributed by atoms with Crippen LogP contribution in [0.3, 0.4) is 0 Å². The van der Waals surface area contributed by atoms with E-state index in [-0.39, 0.29) is 40.8 Å². The average Bonchev–Trinajstić information content (AvgIpc) is 3.19. The number of amides is 1. The summed E-state index contributed by atoms with van der Waals surface area (Å²) in [6.07, 6.45) is 6.04. The average molecular weight is 509 g/mol. The minimum Gasteiger partial charge on any atom is -0.380 e. The molecule has 1 aromatic carbocycles. The number of carbonyl (C=O) groups excluding carboxylic acids is 1. The number of nitrogens with zero attached hydrogens (tertiary/aromatic N) is 5. The molecule has 1 saturated heterocycles. The van der Waals surface area contributed by atoms with Crippen LogP contribution in [0.4, 0.5) is 26.4 Å². The van der Waals surface area contributed by atoms with Crippen LogP contribution in [0.5, 0.6) is 0 Å². The molecule has 2 aliphatic carbocycles. The van der Waals surface area contributed by atoms with E-state index in [1.807, 2.05) is 4.57 Å². The van der Waals surface area contributed by atoms with Crippen LogP contribution in [0.25, 0.3) is 11.2 Å². The van der Waals surface area contributed by atoms with Crippen molar-refractivity contribution in [2.75, 3.05) is 23.8 Å². The van der Waals surface area contributed by atoms with Crippen LogP contribution in [0.1, 0.15) is 50.1 Å². The van der Waals surface area contributed by atoms with E-state index < -0.39 is 17.3 Å². The maximum atomic E-state index is 14.7. The van der Waals surface area contributed by atoms with Crippen LogP contribution < -0.4 is 16.4 Å². The highest BCUT2D eigenvalue weighted by Gasteiger charge is 2.50. The number of anilines is 3. The monoisotopic (exact) mass is 508 g/mol. The van der Waals surface area contributed by atoms with Crippen molar-refractivity contribution in [2.45, 2.75) is 50.6 Å². The molecule has 1 spiro atoms. The SMILES string of the molecule is N#Cc1cc(F)c(Nc2nc3cnc(NC4CC5(COC5)C4)nc3n2[C@H]2CC[C@@H](C(N)=O)CC2)c(F)c1. The number of benzene rings is 1. The van der Waals surface area contributed by atoms with Crippen LogP contribution in [0.2, 0.25) is 0 Å². The molecule has 3 heterocycles. The van der Waals surface area contributed by atoms with Gasteiger partial charge in [-0.2, -0.15) is 10.2 Å². The Hall–Kier alpha value is -3.85. The topological polar surface area (TPSA) is 144 Å². The molecule has 192 valence electrons. The number of primary amides is 1. The molecule has 2 saturated carbocycles. The molecule has 37 heavy (non-hydrogen) atoms. The summed E-state index contributed by atoms with van der Waals surface area (Å²) < 4.78 is 36.6. The lowest BCUT2D eigenvalue weighted by Crippen LogP contribution is -2.56. The molecule has 6 rings (SSSR count). The second-order valence-corrected chi connectivity index (χ2v) is 10.4. The summed E-state index contributed by atoms with van der Waals surface area (Å²) in [6.45, 7) is 1.59. The maximum absolute atomic E-state index is 14.7. The van der Waals surface area contributed by atoms with Crippen molar-refractivity contribution in [2.24, 2.45) is 17.1 Å². The molecule has 3 fully saturated rings. The van der Waals surface area contributed by atoms with Gasteiger partial charge in [0.05, 0.1) is 31.0 Å². The molecular weight excluding hydrogens is 482 g/mol. The van der Waals surface area contributed by atoms with Gasteiger partial charge in [0.2, 0.25) is 17.8 Å². The summed E-state index contributed by atoms with van der Waals surface area (Å²) in [5.41, 5.74) is 6.27. The third-order valence-electron chi connectivity index (χ3n) is 7.81. The highest BCUT2D eigenvalue weighted by atomic mass is 19.1. The molecule has 3 aromatic rings. The van der Waals surface area contributed by atoms with Gasteiger partial charge >= 0.3 is 0 Å². The number of aromatic nitrogens is 4. The normalized spacial score (nSPS) is 22.7. The van der Waals surface area contributed by atoms with Gasteiger partial charge in [-0.05, 0) is 50.7 Å². The van der Waals surface area contributed by atoms with Crippen LogP contribution >= 0.6 is 0 Å². The highest BCUT2D eigenvalue weighted by molar-refractivity contribution is 5.78. The predicted octanol–water partition coefficient (Wildman–Crippen LogP) is 3.53. The van der Waals surface area contributed by atoms with E-state index in [9.17, 15) is 13.6 Å². The Morgan fingerprint density at radius 2 is 1.86 bits per heavy atom.